The molecule has 2 unspecified atom stereocenters. The van der Waals surface area contributed by atoms with Gasteiger partial charge in [-0.1, -0.05) is 0 Å². The van der Waals surface area contributed by atoms with Crippen molar-refractivity contribution in [3.8, 4) is 0 Å². The van der Waals surface area contributed by atoms with Gasteiger partial charge in [-0.2, -0.15) is 0 Å². The van der Waals surface area contributed by atoms with Gasteiger partial charge in [-0.15, -0.1) is 0 Å². The lowest BCUT2D eigenvalue weighted by atomic mass is 9.76. The molecule has 1 N–H and O–H groups in total. The fraction of sp³-hybridized carbons (Fsp3) is 0.682. The molecule has 3 aliphatic rings. The van der Waals surface area contributed by atoms with Gasteiger partial charge in [-0.3, -0.25) is 9.69 Å². The molecule has 3 heterocycles. The maximum absolute atomic E-state index is 13.2. The van der Waals surface area contributed by atoms with Crippen LogP contribution in [0.3, 0.4) is 0 Å². The van der Waals surface area contributed by atoms with Gasteiger partial charge in [0.1, 0.15) is 5.82 Å². The van der Waals surface area contributed by atoms with Crippen molar-refractivity contribution in [1.29, 1.82) is 0 Å². The quantitative estimate of drug-likeness (QED) is 0.859. The van der Waals surface area contributed by atoms with Crippen molar-refractivity contribution in [2.75, 3.05) is 51.2 Å². The molecular formula is C22H33FN4O. The zero-order valence-electron chi connectivity index (χ0n) is 17.2. The first kappa shape index (κ1) is 19.6. The minimum Gasteiger partial charge on any atom is -0.369 e. The Morgan fingerprint density at radius 1 is 1.18 bits per heavy atom. The van der Waals surface area contributed by atoms with E-state index in [1.165, 1.54) is 12.1 Å². The van der Waals surface area contributed by atoms with Crippen LogP contribution in [0.2, 0.25) is 0 Å². The van der Waals surface area contributed by atoms with Crippen LogP contribution in [-0.4, -0.2) is 74.1 Å². The molecule has 3 saturated heterocycles. The second-order valence-electron chi connectivity index (χ2n) is 8.90. The molecule has 6 heteroatoms. The molecule has 1 aromatic carbocycles. The summed E-state index contributed by atoms with van der Waals surface area (Å²) < 4.78 is 13.2. The Labute approximate surface area is 167 Å². The monoisotopic (exact) mass is 388 g/mol. The number of benzene rings is 1. The largest absolute Gasteiger partial charge is 0.369 e. The van der Waals surface area contributed by atoms with Gasteiger partial charge < -0.3 is 15.1 Å². The van der Waals surface area contributed by atoms with Gasteiger partial charge in [0.05, 0.1) is 5.41 Å². The Kier molecular flexibility index (Phi) is 5.61. The summed E-state index contributed by atoms with van der Waals surface area (Å²) in [5.41, 5.74) is 0.999. The van der Waals surface area contributed by atoms with Crippen molar-refractivity contribution in [3.63, 3.8) is 0 Å². The Bertz CT molecular complexity index is 688. The molecule has 0 aliphatic carbocycles. The number of hydrogen-bond donors (Lipinski definition) is 1. The van der Waals surface area contributed by atoms with Gasteiger partial charge in [0.15, 0.2) is 0 Å². The molecule has 1 amide bonds. The van der Waals surface area contributed by atoms with Crippen LogP contribution in [0.25, 0.3) is 0 Å². The number of likely N-dealkylation sites (tertiary alicyclic amines) is 1. The van der Waals surface area contributed by atoms with E-state index in [0.717, 1.165) is 70.6 Å². The molecule has 3 fully saturated rings. The topological polar surface area (TPSA) is 38.8 Å². The Hall–Kier alpha value is -1.66. The number of nitrogens with one attached hydrogen (secondary N) is 1. The molecule has 3 aliphatic heterocycles. The molecule has 28 heavy (non-hydrogen) atoms. The first-order valence-corrected chi connectivity index (χ1v) is 10.7. The second-order valence-corrected chi connectivity index (χ2v) is 8.90. The average molecular weight is 389 g/mol. The van der Waals surface area contributed by atoms with Crippen molar-refractivity contribution in [3.05, 3.63) is 30.1 Å². The third-order valence-electron chi connectivity index (χ3n) is 7.22. The fourth-order valence-electron chi connectivity index (χ4n) is 5.36. The van der Waals surface area contributed by atoms with E-state index < -0.39 is 0 Å². The van der Waals surface area contributed by atoms with Crippen molar-refractivity contribution >= 4 is 11.6 Å². The van der Waals surface area contributed by atoms with Crippen LogP contribution in [0.1, 0.15) is 32.6 Å². The van der Waals surface area contributed by atoms with Crippen LogP contribution < -0.4 is 10.2 Å². The van der Waals surface area contributed by atoms with E-state index in [1.807, 2.05) is 24.1 Å². The van der Waals surface area contributed by atoms with Gasteiger partial charge in [-0.05, 0) is 70.0 Å². The van der Waals surface area contributed by atoms with Crippen LogP contribution in [-0.2, 0) is 4.79 Å². The summed E-state index contributed by atoms with van der Waals surface area (Å²) in [6, 6.07) is 7.64. The molecule has 5 nitrogen and oxygen atoms in total. The fourth-order valence-corrected chi connectivity index (χ4v) is 5.36. The number of rotatable bonds is 4. The van der Waals surface area contributed by atoms with Crippen LogP contribution >= 0.6 is 0 Å². The van der Waals surface area contributed by atoms with Crippen molar-refractivity contribution in [2.24, 2.45) is 5.41 Å². The number of nitrogens with zero attached hydrogens (tertiary/aromatic N) is 3. The molecule has 154 valence electrons. The third kappa shape index (κ3) is 3.77. The summed E-state index contributed by atoms with van der Waals surface area (Å²) in [6.45, 7) is 8.18. The predicted molar refractivity (Wildman–Crippen MR) is 110 cm³/mol. The lowest BCUT2D eigenvalue weighted by Crippen LogP contribution is -2.52. The first-order valence-electron chi connectivity index (χ1n) is 10.7. The second kappa shape index (κ2) is 7.99. The Morgan fingerprint density at radius 3 is 2.57 bits per heavy atom. The van der Waals surface area contributed by atoms with Crippen LogP contribution in [0.15, 0.2) is 24.3 Å². The molecule has 1 aromatic rings. The number of piperazine rings is 1. The minimum absolute atomic E-state index is 0.0996. The van der Waals surface area contributed by atoms with Crippen LogP contribution in [0.5, 0.6) is 0 Å². The minimum atomic E-state index is -0.183. The summed E-state index contributed by atoms with van der Waals surface area (Å²) in [5.74, 6) is 0.186. The normalized spacial score (nSPS) is 28.3. The molecular weight excluding hydrogens is 355 g/mol. The summed E-state index contributed by atoms with van der Waals surface area (Å²) in [7, 11) is 2.00. The van der Waals surface area contributed by atoms with Crippen molar-refractivity contribution in [2.45, 2.75) is 44.7 Å². The number of hydrogen-bond acceptors (Lipinski definition) is 4. The van der Waals surface area contributed by atoms with Gasteiger partial charge in [-0.25, -0.2) is 4.39 Å². The number of halogens is 1. The smallest absolute Gasteiger partial charge is 0.228 e. The summed E-state index contributed by atoms with van der Waals surface area (Å²) in [5, 5.41) is 3.39. The number of carbonyl (C=O) groups excluding carboxylic acids is 1. The van der Waals surface area contributed by atoms with Crippen LogP contribution in [0, 0.1) is 11.2 Å². The van der Waals surface area contributed by atoms with Gasteiger partial charge in [0, 0.05) is 51.0 Å². The highest BCUT2D eigenvalue weighted by Gasteiger charge is 2.50. The van der Waals surface area contributed by atoms with Gasteiger partial charge in [0.25, 0.3) is 0 Å². The van der Waals surface area contributed by atoms with E-state index in [0.29, 0.717) is 18.0 Å². The number of anilines is 1. The summed E-state index contributed by atoms with van der Waals surface area (Å²) >= 11 is 0. The summed E-state index contributed by atoms with van der Waals surface area (Å²) in [4.78, 5) is 19.8. The Morgan fingerprint density at radius 2 is 1.89 bits per heavy atom. The zero-order chi connectivity index (χ0) is 19.7. The van der Waals surface area contributed by atoms with Gasteiger partial charge in [0.2, 0.25) is 5.91 Å². The third-order valence-corrected chi connectivity index (χ3v) is 7.22. The van der Waals surface area contributed by atoms with Crippen LogP contribution in [0.4, 0.5) is 10.1 Å². The molecule has 0 aromatic heterocycles. The zero-order valence-corrected chi connectivity index (χ0v) is 17.2. The molecule has 0 bridgehead atoms. The van der Waals surface area contributed by atoms with E-state index in [2.05, 4.69) is 22.0 Å². The SMILES string of the molecule is CC1CN(c2ccc(F)cc2)CCN1CCC1CC2(CCNCC2)C(=O)N1C. The molecule has 4 rings (SSSR count). The maximum atomic E-state index is 13.2. The van der Waals surface area contributed by atoms with Gasteiger partial charge >= 0.3 is 0 Å². The predicted octanol–water partition coefficient (Wildman–Crippen LogP) is 2.33. The molecule has 0 radical (unpaired) electrons. The standard InChI is InChI=1S/C22H33FN4O/c1-17-16-27(19-5-3-18(23)4-6-19)14-13-26(17)12-7-20-15-22(21(28)25(20)2)8-10-24-11-9-22/h3-6,17,20,24H,7-16H2,1-2H3. The number of carbonyl (C=O) groups is 1. The Balaban J connectivity index is 1.31. The highest BCUT2D eigenvalue weighted by molar-refractivity contribution is 5.85. The number of piperidine rings is 1. The average Bonchev–Trinajstić information content (AvgIpc) is 2.93. The summed E-state index contributed by atoms with van der Waals surface area (Å²) in [6.07, 6.45) is 4.05. The molecule has 2 atom stereocenters. The van der Waals surface area contributed by atoms with E-state index in [1.54, 1.807) is 0 Å². The van der Waals surface area contributed by atoms with Crippen molar-refractivity contribution < 1.29 is 9.18 Å². The molecule has 1 spiro atoms. The first-order chi connectivity index (χ1) is 13.5. The highest BCUT2D eigenvalue weighted by Crippen LogP contribution is 2.43. The molecule has 0 saturated carbocycles. The van der Waals surface area contributed by atoms with E-state index in [9.17, 15) is 9.18 Å². The van der Waals surface area contributed by atoms with E-state index >= 15 is 0 Å². The van der Waals surface area contributed by atoms with E-state index in [4.69, 9.17) is 0 Å². The lowest BCUT2D eigenvalue weighted by Gasteiger charge is -2.41. The lowest BCUT2D eigenvalue weighted by molar-refractivity contribution is -0.136. The maximum Gasteiger partial charge on any atom is 0.228 e. The highest BCUT2D eigenvalue weighted by atomic mass is 19.1. The number of amides is 1. The van der Waals surface area contributed by atoms with Crippen molar-refractivity contribution in [1.82, 2.24) is 15.1 Å². The van der Waals surface area contributed by atoms with E-state index in [-0.39, 0.29) is 11.2 Å².